The van der Waals surface area contributed by atoms with Crippen molar-refractivity contribution in [1.82, 2.24) is 4.98 Å². The number of ether oxygens (including phenoxy) is 1. The number of hydrogen-bond donors (Lipinski definition) is 1. The molecule has 0 fully saturated rings. The molecule has 1 N–H and O–H groups in total. The van der Waals surface area contributed by atoms with Gasteiger partial charge in [-0.2, -0.15) is 0 Å². The number of nitrogens with one attached hydrogen (secondary N) is 1. The van der Waals surface area contributed by atoms with Crippen molar-refractivity contribution < 1.29 is 14.5 Å². The number of non-ortho nitro benzene ring substituents is 1. The largest absolute Gasteiger partial charge is 0.445 e. The first-order valence-corrected chi connectivity index (χ1v) is 8.80. The van der Waals surface area contributed by atoms with E-state index in [0.717, 1.165) is 11.3 Å². The van der Waals surface area contributed by atoms with Gasteiger partial charge in [-0.15, -0.1) is 0 Å². The standard InChI is InChI=1S/C17H13ClN4O4S/c1-21(12-5-3-6-13(9-12)22(24)25)17(23)20-16-19-10-15(27-16)26-14-7-2-4-11(18)8-14/h2-10H,1H3,(H,19,20,23). The molecule has 0 unspecified atom stereocenters. The van der Waals surface area contributed by atoms with Crippen molar-refractivity contribution in [2.24, 2.45) is 0 Å². The van der Waals surface area contributed by atoms with Crippen LogP contribution in [0.4, 0.5) is 21.3 Å². The number of nitrogens with zero attached hydrogens (tertiary/aromatic N) is 3. The number of anilines is 2. The van der Waals surface area contributed by atoms with E-state index in [2.05, 4.69) is 10.3 Å². The summed E-state index contributed by atoms with van der Waals surface area (Å²) in [4.78, 5) is 28.1. The number of nitro groups is 1. The second-order valence-corrected chi connectivity index (χ2v) is 6.74. The van der Waals surface area contributed by atoms with Crippen LogP contribution in [-0.4, -0.2) is 23.0 Å². The molecule has 138 valence electrons. The van der Waals surface area contributed by atoms with Crippen molar-refractivity contribution in [2.75, 3.05) is 17.3 Å². The highest BCUT2D eigenvalue weighted by molar-refractivity contribution is 7.17. The molecule has 1 heterocycles. The molecule has 0 saturated heterocycles. The predicted molar refractivity (Wildman–Crippen MR) is 104 cm³/mol. The number of carbonyl (C=O) groups is 1. The molecular weight excluding hydrogens is 392 g/mol. The van der Waals surface area contributed by atoms with Crippen LogP contribution < -0.4 is 15.0 Å². The molecule has 0 atom stereocenters. The monoisotopic (exact) mass is 404 g/mol. The minimum Gasteiger partial charge on any atom is -0.445 e. The zero-order valence-corrected chi connectivity index (χ0v) is 15.5. The Morgan fingerprint density at radius 3 is 2.81 bits per heavy atom. The SMILES string of the molecule is CN(C(=O)Nc1ncc(Oc2cccc(Cl)c2)s1)c1cccc([N+](=O)[O-])c1. The lowest BCUT2D eigenvalue weighted by atomic mass is 10.2. The maximum atomic E-state index is 12.4. The fourth-order valence-corrected chi connectivity index (χ4v) is 2.98. The van der Waals surface area contributed by atoms with Gasteiger partial charge in [0.05, 0.1) is 16.8 Å². The summed E-state index contributed by atoms with van der Waals surface area (Å²) >= 11 is 7.05. The van der Waals surface area contributed by atoms with Gasteiger partial charge in [0.25, 0.3) is 5.69 Å². The Kier molecular flexibility index (Phi) is 5.53. The lowest BCUT2D eigenvalue weighted by molar-refractivity contribution is -0.384. The molecule has 2 amide bonds. The van der Waals surface area contributed by atoms with Gasteiger partial charge in [0.1, 0.15) is 5.75 Å². The van der Waals surface area contributed by atoms with E-state index >= 15 is 0 Å². The van der Waals surface area contributed by atoms with Gasteiger partial charge in [0.2, 0.25) is 5.06 Å². The molecule has 27 heavy (non-hydrogen) atoms. The van der Waals surface area contributed by atoms with E-state index in [9.17, 15) is 14.9 Å². The number of urea groups is 1. The lowest BCUT2D eigenvalue weighted by Crippen LogP contribution is -2.31. The fraction of sp³-hybridized carbons (Fsp3) is 0.0588. The zero-order chi connectivity index (χ0) is 19.4. The van der Waals surface area contributed by atoms with Crippen LogP contribution in [-0.2, 0) is 0 Å². The maximum Gasteiger partial charge on any atom is 0.327 e. The summed E-state index contributed by atoms with van der Waals surface area (Å²) < 4.78 is 5.64. The van der Waals surface area contributed by atoms with E-state index in [1.54, 1.807) is 30.3 Å². The normalized spacial score (nSPS) is 10.3. The molecule has 0 spiro atoms. The Morgan fingerprint density at radius 1 is 1.30 bits per heavy atom. The minimum atomic E-state index is -0.518. The smallest absolute Gasteiger partial charge is 0.327 e. The van der Waals surface area contributed by atoms with Crippen LogP contribution in [0.2, 0.25) is 5.02 Å². The van der Waals surface area contributed by atoms with Crippen LogP contribution in [0.15, 0.2) is 54.7 Å². The number of halogens is 1. The van der Waals surface area contributed by atoms with Crippen LogP contribution in [0.3, 0.4) is 0 Å². The van der Waals surface area contributed by atoms with Crippen molar-refractivity contribution in [3.05, 3.63) is 69.9 Å². The predicted octanol–water partition coefficient (Wildman–Crippen LogP) is 5.17. The Labute approximate surface area is 163 Å². The van der Waals surface area contributed by atoms with Crippen LogP contribution in [0.25, 0.3) is 0 Å². The zero-order valence-electron chi connectivity index (χ0n) is 14.0. The number of rotatable bonds is 5. The first kappa shape index (κ1) is 18.6. The Balaban J connectivity index is 1.66. The summed E-state index contributed by atoms with van der Waals surface area (Å²) in [6.07, 6.45) is 1.48. The molecule has 0 bridgehead atoms. The van der Waals surface area contributed by atoms with Crippen molar-refractivity contribution in [2.45, 2.75) is 0 Å². The summed E-state index contributed by atoms with van der Waals surface area (Å²) in [7, 11) is 1.51. The average molecular weight is 405 g/mol. The highest BCUT2D eigenvalue weighted by atomic mass is 35.5. The summed E-state index contributed by atoms with van der Waals surface area (Å²) in [6, 6.07) is 12.2. The van der Waals surface area contributed by atoms with E-state index in [1.807, 2.05) is 0 Å². The summed E-state index contributed by atoms with van der Waals surface area (Å²) in [5.74, 6) is 0.553. The highest BCUT2D eigenvalue weighted by Gasteiger charge is 2.16. The van der Waals surface area contributed by atoms with Gasteiger partial charge in [-0.3, -0.25) is 20.3 Å². The van der Waals surface area contributed by atoms with Crippen LogP contribution >= 0.6 is 22.9 Å². The third-order valence-corrected chi connectivity index (χ3v) is 4.47. The molecular formula is C17H13ClN4O4S. The van der Waals surface area contributed by atoms with Crippen LogP contribution in [0.5, 0.6) is 10.8 Å². The maximum absolute atomic E-state index is 12.4. The molecule has 0 aliphatic rings. The van der Waals surface area contributed by atoms with Crippen LogP contribution in [0.1, 0.15) is 0 Å². The molecule has 0 radical (unpaired) electrons. The number of benzene rings is 2. The molecule has 10 heteroatoms. The van der Waals surface area contributed by atoms with Gasteiger partial charge in [-0.05, 0) is 24.3 Å². The van der Waals surface area contributed by atoms with Gasteiger partial charge >= 0.3 is 6.03 Å². The minimum absolute atomic E-state index is 0.0985. The van der Waals surface area contributed by atoms with Crippen molar-refractivity contribution in [1.29, 1.82) is 0 Å². The third-order valence-electron chi connectivity index (χ3n) is 3.45. The molecule has 2 aromatic carbocycles. The van der Waals surface area contributed by atoms with Gasteiger partial charge in [0.15, 0.2) is 5.13 Å². The quantitative estimate of drug-likeness (QED) is 0.467. The van der Waals surface area contributed by atoms with Crippen LogP contribution in [0, 0.1) is 10.1 Å². The second-order valence-electron chi connectivity index (χ2n) is 5.31. The molecule has 0 saturated carbocycles. The van der Waals surface area contributed by atoms with E-state index < -0.39 is 11.0 Å². The molecule has 0 aliphatic heterocycles. The highest BCUT2D eigenvalue weighted by Crippen LogP contribution is 2.31. The first-order valence-electron chi connectivity index (χ1n) is 7.61. The van der Waals surface area contributed by atoms with Crippen molar-refractivity contribution >= 4 is 45.5 Å². The Morgan fingerprint density at radius 2 is 2.07 bits per heavy atom. The molecule has 3 rings (SSSR count). The molecule has 8 nitrogen and oxygen atoms in total. The topological polar surface area (TPSA) is 97.6 Å². The number of aromatic nitrogens is 1. The lowest BCUT2D eigenvalue weighted by Gasteiger charge is -2.16. The van der Waals surface area contributed by atoms with Gasteiger partial charge < -0.3 is 4.74 Å². The molecule has 3 aromatic rings. The number of carbonyl (C=O) groups excluding carboxylic acids is 1. The number of amides is 2. The van der Waals surface area contributed by atoms with Gasteiger partial charge in [0, 0.05) is 24.2 Å². The van der Waals surface area contributed by atoms with Gasteiger partial charge in [-0.25, -0.2) is 9.78 Å². The van der Waals surface area contributed by atoms with E-state index in [1.165, 1.54) is 36.3 Å². The van der Waals surface area contributed by atoms with E-state index in [0.29, 0.717) is 26.7 Å². The average Bonchev–Trinajstić information content (AvgIpc) is 3.08. The second kappa shape index (κ2) is 8.02. The summed E-state index contributed by atoms with van der Waals surface area (Å²) in [5.41, 5.74) is 0.285. The van der Waals surface area contributed by atoms with Crippen molar-refractivity contribution in [3.63, 3.8) is 0 Å². The molecule has 0 aliphatic carbocycles. The first-order chi connectivity index (χ1) is 12.9. The number of thiazole rings is 1. The number of nitro benzene ring substituents is 1. The summed E-state index contributed by atoms with van der Waals surface area (Å²) in [6.45, 7) is 0. The summed E-state index contributed by atoms with van der Waals surface area (Å²) in [5, 5.41) is 14.8. The van der Waals surface area contributed by atoms with E-state index in [-0.39, 0.29) is 5.69 Å². The number of hydrogen-bond acceptors (Lipinski definition) is 6. The Bertz CT molecular complexity index is 994. The fourth-order valence-electron chi connectivity index (χ4n) is 2.12. The third kappa shape index (κ3) is 4.72. The van der Waals surface area contributed by atoms with Crippen molar-refractivity contribution in [3.8, 4) is 10.8 Å². The van der Waals surface area contributed by atoms with E-state index in [4.69, 9.17) is 16.3 Å². The van der Waals surface area contributed by atoms with Gasteiger partial charge in [-0.1, -0.05) is 35.1 Å². The molecule has 1 aromatic heterocycles. The Hall–Kier alpha value is -3.17.